The van der Waals surface area contributed by atoms with Crippen molar-refractivity contribution in [2.45, 2.75) is 46.0 Å². The van der Waals surface area contributed by atoms with Crippen molar-refractivity contribution >= 4 is 39.1 Å². The molecule has 0 saturated heterocycles. The average molecular weight is 631 g/mol. The third-order valence-corrected chi connectivity index (χ3v) is 5.98. The Balaban J connectivity index is 1.76. The monoisotopic (exact) mass is 630 g/mol. The predicted octanol–water partition coefficient (Wildman–Crippen LogP) is 4.72. The number of carbonyl (C=O) groups is 2. The number of aryl methyl sites for hydroxylation is 1. The van der Waals surface area contributed by atoms with Gasteiger partial charge in [0.1, 0.15) is 12.2 Å². The van der Waals surface area contributed by atoms with Crippen LogP contribution >= 0.6 is 15.9 Å². The molecule has 1 aromatic carbocycles. The Kier molecular flexibility index (Phi) is 7.93. The molecule has 0 spiro atoms. The predicted molar refractivity (Wildman–Crippen MR) is 144 cm³/mol. The van der Waals surface area contributed by atoms with Gasteiger partial charge in [-0.2, -0.15) is 23.1 Å². The molecule has 0 fully saturated rings. The highest BCUT2D eigenvalue weighted by Crippen LogP contribution is 2.29. The van der Waals surface area contributed by atoms with Crippen LogP contribution in [0.2, 0.25) is 0 Å². The van der Waals surface area contributed by atoms with E-state index in [1.54, 1.807) is 39.8 Å². The van der Waals surface area contributed by atoms with Crippen molar-refractivity contribution < 1.29 is 22.8 Å². The van der Waals surface area contributed by atoms with Crippen molar-refractivity contribution in [2.75, 3.05) is 5.32 Å². The Morgan fingerprint density at radius 2 is 1.85 bits per heavy atom. The summed E-state index contributed by atoms with van der Waals surface area (Å²) in [6.07, 6.45) is -3.31. The first-order valence-electron chi connectivity index (χ1n) is 11.9. The third kappa shape index (κ3) is 6.74. The minimum Gasteiger partial charge on any atom is -0.347 e. The summed E-state index contributed by atoms with van der Waals surface area (Å²) >= 11 is 3.37. The number of aromatic nitrogens is 7. The van der Waals surface area contributed by atoms with Crippen molar-refractivity contribution in [3.63, 3.8) is 0 Å². The van der Waals surface area contributed by atoms with E-state index in [-0.39, 0.29) is 40.7 Å². The molecular formula is C25H22BrF3N10O2. The van der Waals surface area contributed by atoms with Gasteiger partial charge >= 0.3 is 6.18 Å². The van der Waals surface area contributed by atoms with E-state index in [1.165, 1.54) is 29.1 Å². The summed E-state index contributed by atoms with van der Waals surface area (Å²) in [6.45, 7) is 14.1. The number of pyridine rings is 1. The standard InChI is InChI=1S/C25H22BrF3N10O2/c1-13-9-14(30-5)10-16(21(40)33-24(2,3)4)19(13)32-22(41)18-11-15(12-38-36-23(34-37-38)25(27,28)29)35-39(18)20-17(26)7-6-8-31-20/h6-11H,12H2,1-4H3,(H,32,41)(H,33,40). The van der Waals surface area contributed by atoms with Gasteiger partial charge in [0.15, 0.2) is 11.5 Å². The number of hydrogen-bond acceptors (Lipinski definition) is 7. The lowest BCUT2D eigenvalue weighted by Gasteiger charge is -2.22. The van der Waals surface area contributed by atoms with Crippen molar-refractivity contribution in [3.8, 4) is 5.82 Å². The number of hydrogen-bond donors (Lipinski definition) is 2. The minimum absolute atomic E-state index is 0.0496. The molecule has 2 N–H and O–H groups in total. The fourth-order valence-electron chi connectivity index (χ4n) is 3.70. The van der Waals surface area contributed by atoms with Crippen LogP contribution in [0, 0.1) is 13.5 Å². The van der Waals surface area contributed by atoms with Gasteiger partial charge in [-0.25, -0.2) is 14.5 Å². The largest absolute Gasteiger partial charge is 0.455 e. The molecule has 2 amide bonds. The number of nitrogens with zero attached hydrogens (tertiary/aromatic N) is 8. The van der Waals surface area contributed by atoms with Crippen LogP contribution in [0.25, 0.3) is 10.7 Å². The Bertz CT molecular complexity index is 1680. The van der Waals surface area contributed by atoms with Gasteiger partial charge < -0.3 is 10.6 Å². The lowest BCUT2D eigenvalue weighted by atomic mass is 10.0. The number of halogens is 4. The number of carbonyl (C=O) groups excluding carboxylic acids is 2. The molecule has 0 bridgehead atoms. The first-order valence-corrected chi connectivity index (χ1v) is 12.7. The number of nitrogens with one attached hydrogen (secondary N) is 2. The van der Waals surface area contributed by atoms with E-state index >= 15 is 0 Å². The molecule has 3 aromatic heterocycles. The van der Waals surface area contributed by atoms with Crippen molar-refractivity contribution in [3.05, 3.63) is 80.8 Å². The second-order valence-corrected chi connectivity index (χ2v) is 10.7. The zero-order valence-electron chi connectivity index (χ0n) is 22.1. The second kappa shape index (κ2) is 11.1. The molecule has 0 aliphatic carbocycles. The van der Waals surface area contributed by atoms with Gasteiger partial charge in [0.25, 0.3) is 17.6 Å². The number of benzene rings is 1. The SMILES string of the molecule is [C-]#[N+]c1cc(C)c(NC(=O)c2cc(Cn3nnc(C(F)(F)F)n3)nn2-c2ncccc2Br)c(C(=O)NC(C)(C)C)c1. The highest BCUT2D eigenvalue weighted by atomic mass is 79.9. The highest BCUT2D eigenvalue weighted by Gasteiger charge is 2.37. The van der Waals surface area contributed by atoms with Crippen LogP contribution in [0.3, 0.4) is 0 Å². The van der Waals surface area contributed by atoms with Crippen molar-refractivity contribution in [1.82, 2.24) is 40.3 Å². The topological polar surface area (TPSA) is 137 Å². The number of tetrazole rings is 1. The van der Waals surface area contributed by atoms with Crippen LogP contribution < -0.4 is 10.6 Å². The second-order valence-electron chi connectivity index (χ2n) is 9.84. The summed E-state index contributed by atoms with van der Waals surface area (Å²) in [6, 6.07) is 7.57. The van der Waals surface area contributed by atoms with E-state index in [0.29, 0.717) is 14.8 Å². The van der Waals surface area contributed by atoms with Gasteiger partial charge in [-0.05, 0) is 78.7 Å². The molecule has 0 saturated carbocycles. The van der Waals surface area contributed by atoms with Gasteiger partial charge in [-0.3, -0.25) is 9.59 Å². The van der Waals surface area contributed by atoms with Gasteiger partial charge in [0.2, 0.25) is 0 Å². The number of alkyl halides is 3. The average Bonchev–Trinajstić information content (AvgIpc) is 3.52. The van der Waals surface area contributed by atoms with E-state index < -0.39 is 29.4 Å². The molecule has 3 heterocycles. The zero-order valence-corrected chi connectivity index (χ0v) is 23.7. The summed E-state index contributed by atoms with van der Waals surface area (Å²) in [4.78, 5) is 35.2. The van der Waals surface area contributed by atoms with E-state index in [2.05, 4.69) is 56.9 Å². The maximum absolute atomic E-state index is 13.7. The highest BCUT2D eigenvalue weighted by molar-refractivity contribution is 9.10. The molecule has 4 aromatic rings. The summed E-state index contributed by atoms with van der Waals surface area (Å²) < 4.78 is 40.5. The molecule has 0 radical (unpaired) electrons. The Morgan fingerprint density at radius 1 is 1.12 bits per heavy atom. The molecule has 12 nitrogen and oxygen atoms in total. The Hall–Kier alpha value is -4.65. The molecule has 16 heteroatoms. The molecule has 0 aliphatic rings. The van der Waals surface area contributed by atoms with Crippen molar-refractivity contribution in [2.24, 2.45) is 0 Å². The zero-order chi connectivity index (χ0) is 30.1. The lowest BCUT2D eigenvalue weighted by molar-refractivity contribution is -0.145. The van der Waals surface area contributed by atoms with E-state index in [0.717, 1.165) is 0 Å². The van der Waals surface area contributed by atoms with Crippen LogP contribution in [0.15, 0.2) is 41.0 Å². The number of anilines is 1. The Labute approximate surface area is 239 Å². The number of rotatable bonds is 6. The third-order valence-electron chi connectivity index (χ3n) is 5.36. The molecule has 4 rings (SSSR count). The molecule has 0 unspecified atom stereocenters. The van der Waals surface area contributed by atoms with E-state index in [1.807, 2.05) is 0 Å². The van der Waals surface area contributed by atoms with Crippen LogP contribution in [0.5, 0.6) is 0 Å². The smallest absolute Gasteiger partial charge is 0.347 e. The summed E-state index contributed by atoms with van der Waals surface area (Å²) in [5, 5.41) is 19.7. The van der Waals surface area contributed by atoms with Crippen LogP contribution in [0.1, 0.15) is 58.7 Å². The maximum Gasteiger partial charge on any atom is 0.455 e. The van der Waals surface area contributed by atoms with Gasteiger partial charge in [0.05, 0.1) is 28.0 Å². The number of amides is 2. The van der Waals surface area contributed by atoms with Crippen LogP contribution in [-0.2, 0) is 12.7 Å². The van der Waals surface area contributed by atoms with E-state index in [4.69, 9.17) is 6.57 Å². The molecule has 212 valence electrons. The summed E-state index contributed by atoms with van der Waals surface area (Å²) in [5.74, 6) is -2.40. The first-order chi connectivity index (χ1) is 19.2. The fraction of sp³-hybridized carbons (Fsp3) is 0.280. The molecule has 41 heavy (non-hydrogen) atoms. The minimum atomic E-state index is -4.78. The normalized spacial score (nSPS) is 11.7. The van der Waals surface area contributed by atoms with Crippen molar-refractivity contribution in [1.29, 1.82) is 0 Å². The van der Waals surface area contributed by atoms with Gasteiger partial charge in [-0.1, -0.05) is 6.07 Å². The summed E-state index contributed by atoms with van der Waals surface area (Å²) in [7, 11) is 0. The molecular weight excluding hydrogens is 609 g/mol. The van der Waals surface area contributed by atoms with Crippen LogP contribution in [0.4, 0.5) is 24.5 Å². The fourth-order valence-corrected chi connectivity index (χ4v) is 4.12. The maximum atomic E-state index is 13.7. The van der Waals surface area contributed by atoms with Gasteiger partial charge in [-0.15, -0.1) is 10.2 Å². The van der Waals surface area contributed by atoms with Gasteiger partial charge in [0, 0.05) is 11.7 Å². The Morgan fingerprint density at radius 3 is 2.46 bits per heavy atom. The quantitative estimate of drug-likeness (QED) is 0.294. The lowest BCUT2D eigenvalue weighted by Crippen LogP contribution is -2.41. The molecule has 0 aliphatic heterocycles. The molecule has 0 atom stereocenters. The first kappa shape index (κ1) is 29.3. The van der Waals surface area contributed by atoms with Crippen LogP contribution in [-0.4, -0.2) is 52.3 Å². The summed E-state index contributed by atoms with van der Waals surface area (Å²) in [5.41, 5.74) is 0.407. The van der Waals surface area contributed by atoms with E-state index in [9.17, 15) is 22.8 Å².